The van der Waals surface area contributed by atoms with Crippen LogP contribution in [0.4, 0.5) is 10.1 Å². The molecule has 0 saturated carbocycles. The Morgan fingerprint density at radius 2 is 1.87 bits per heavy atom. The first kappa shape index (κ1) is 22.0. The maximum absolute atomic E-state index is 13.2. The summed E-state index contributed by atoms with van der Waals surface area (Å²) in [5, 5.41) is 3.01. The van der Waals surface area contributed by atoms with Crippen molar-refractivity contribution < 1.29 is 14.0 Å². The number of rotatable bonds is 6. The second-order valence-corrected chi connectivity index (χ2v) is 7.57. The average molecular weight is 430 g/mol. The first-order chi connectivity index (χ1) is 14.5. The number of aryl methyl sites for hydroxylation is 1. The van der Waals surface area contributed by atoms with E-state index >= 15 is 0 Å². The summed E-state index contributed by atoms with van der Waals surface area (Å²) in [6.07, 6.45) is 3.95. The van der Waals surface area contributed by atoms with Gasteiger partial charge in [0.1, 0.15) is 5.82 Å². The molecule has 1 fully saturated rings. The number of halogens is 2. The molecular weight excluding hydrogens is 405 g/mol. The fourth-order valence-electron chi connectivity index (χ4n) is 3.36. The molecule has 30 heavy (non-hydrogen) atoms. The van der Waals surface area contributed by atoms with Crippen LogP contribution in [-0.2, 0) is 16.0 Å². The number of anilines is 1. The average Bonchev–Trinajstić information content (AvgIpc) is 2.75. The summed E-state index contributed by atoms with van der Waals surface area (Å²) >= 11 is 5.76. The maximum atomic E-state index is 13.2. The van der Waals surface area contributed by atoms with Crippen LogP contribution in [0.2, 0.25) is 5.02 Å². The summed E-state index contributed by atoms with van der Waals surface area (Å²) < 4.78 is 13.2. The van der Waals surface area contributed by atoms with Crippen molar-refractivity contribution in [1.29, 1.82) is 0 Å². The topological polar surface area (TPSA) is 52.7 Å². The number of amides is 2. The third kappa shape index (κ3) is 5.90. The van der Waals surface area contributed by atoms with Crippen molar-refractivity contribution in [3.8, 4) is 0 Å². The Hall–Kier alpha value is -2.70. The minimum Gasteiger partial charge on any atom is -0.337 e. The van der Waals surface area contributed by atoms with E-state index < -0.39 is 5.82 Å². The first-order valence-electron chi connectivity index (χ1n) is 9.98. The number of piperazine rings is 1. The summed E-state index contributed by atoms with van der Waals surface area (Å²) in [5.74, 6) is -0.654. The molecule has 1 aliphatic rings. The van der Waals surface area contributed by atoms with E-state index in [4.69, 9.17) is 11.6 Å². The van der Waals surface area contributed by atoms with Gasteiger partial charge in [0.25, 0.3) is 0 Å². The Bertz CT molecular complexity index is 940. The largest absolute Gasteiger partial charge is 0.337 e. The van der Waals surface area contributed by atoms with E-state index in [0.29, 0.717) is 38.3 Å². The second kappa shape index (κ2) is 10.4. The molecule has 0 atom stereocenters. The molecular formula is C23H25ClFN3O2. The van der Waals surface area contributed by atoms with Gasteiger partial charge >= 0.3 is 0 Å². The molecule has 158 valence electrons. The fraction of sp³-hybridized carbons (Fsp3) is 0.304. The highest BCUT2D eigenvalue weighted by atomic mass is 35.5. The highest BCUT2D eigenvalue weighted by Crippen LogP contribution is 2.17. The monoisotopic (exact) mass is 429 g/mol. The van der Waals surface area contributed by atoms with Crippen LogP contribution in [0, 0.1) is 5.82 Å². The highest BCUT2D eigenvalue weighted by Gasteiger charge is 2.21. The molecule has 2 amide bonds. The summed E-state index contributed by atoms with van der Waals surface area (Å²) in [4.78, 5) is 28.6. The number of hydrogen-bond donors (Lipinski definition) is 1. The van der Waals surface area contributed by atoms with E-state index in [1.165, 1.54) is 18.2 Å². The molecule has 0 unspecified atom stereocenters. The second-order valence-electron chi connectivity index (χ2n) is 7.17. The smallest absolute Gasteiger partial charge is 0.246 e. The Balaban J connectivity index is 1.47. The zero-order chi connectivity index (χ0) is 21.5. The van der Waals surface area contributed by atoms with Crippen molar-refractivity contribution >= 4 is 35.2 Å². The third-order valence-electron chi connectivity index (χ3n) is 5.09. The Labute approximate surface area is 181 Å². The van der Waals surface area contributed by atoms with Crippen LogP contribution in [0.15, 0.2) is 48.5 Å². The van der Waals surface area contributed by atoms with Gasteiger partial charge in [-0.3, -0.25) is 14.5 Å². The van der Waals surface area contributed by atoms with Gasteiger partial charge in [0.15, 0.2) is 0 Å². The van der Waals surface area contributed by atoms with Crippen molar-refractivity contribution in [1.82, 2.24) is 9.80 Å². The fourth-order valence-corrected chi connectivity index (χ4v) is 3.55. The van der Waals surface area contributed by atoms with E-state index in [-0.39, 0.29) is 16.8 Å². The lowest BCUT2D eigenvalue weighted by Crippen LogP contribution is -2.50. The third-order valence-corrected chi connectivity index (χ3v) is 5.38. The SMILES string of the molecule is CCc1ccccc1NC(=O)CN1CCN(C(=O)/C=C/c2ccc(F)c(Cl)c2)CC1. The van der Waals surface area contributed by atoms with Crippen LogP contribution in [0.3, 0.4) is 0 Å². The minimum absolute atomic E-state index is 0.0260. The molecule has 5 nitrogen and oxygen atoms in total. The minimum atomic E-state index is -0.488. The zero-order valence-corrected chi connectivity index (χ0v) is 17.7. The van der Waals surface area contributed by atoms with Crippen LogP contribution in [0.25, 0.3) is 6.08 Å². The molecule has 3 rings (SSSR count). The number of carbonyl (C=O) groups is 2. The summed E-state index contributed by atoms with van der Waals surface area (Å²) in [5.41, 5.74) is 2.62. The summed E-state index contributed by atoms with van der Waals surface area (Å²) in [7, 11) is 0. The first-order valence-corrected chi connectivity index (χ1v) is 10.4. The number of nitrogens with one attached hydrogen (secondary N) is 1. The van der Waals surface area contributed by atoms with Crippen molar-refractivity contribution in [2.24, 2.45) is 0 Å². The molecule has 1 aliphatic heterocycles. The highest BCUT2D eigenvalue weighted by molar-refractivity contribution is 6.30. The normalized spacial score (nSPS) is 14.8. The Kier molecular flexibility index (Phi) is 7.60. The predicted octanol–water partition coefficient (Wildman–Crippen LogP) is 3.84. The van der Waals surface area contributed by atoms with Crippen molar-refractivity contribution in [3.05, 3.63) is 70.5 Å². The molecule has 1 N–H and O–H groups in total. The van der Waals surface area contributed by atoms with E-state index in [9.17, 15) is 14.0 Å². The van der Waals surface area contributed by atoms with Gasteiger partial charge in [0.2, 0.25) is 11.8 Å². The molecule has 1 saturated heterocycles. The molecule has 7 heteroatoms. The van der Waals surface area contributed by atoms with Crippen molar-refractivity contribution in [2.45, 2.75) is 13.3 Å². The molecule has 0 radical (unpaired) electrons. The summed E-state index contributed by atoms with van der Waals surface area (Å²) in [6.45, 7) is 4.71. The van der Waals surface area contributed by atoms with Crippen LogP contribution < -0.4 is 5.32 Å². The number of carbonyl (C=O) groups excluding carboxylic acids is 2. The lowest BCUT2D eigenvalue weighted by atomic mass is 10.1. The van der Waals surface area contributed by atoms with Crippen LogP contribution in [-0.4, -0.2) is 54.3 Å². The van der Waals surface area contributed by atoms with Gasteiger partial charge in [0, 0.05) is 37.9 Å². The van der Waals surface area contributed by atoms with Gasteiger partial charge < -0.3 is 10.2 Å². The van der Waals surface area contributed by atoms with Crippen molar-refractivity contribution in [2.75, 3.05) is 38.0 Å². The Morgan fingerprint density at radius 1 is 1.13 bits per heavy atom. The molecule has 0 aliphatic carbocycles. The standard InChI is InChI=1S/C23H25ClFN3O2/c1-2-18-5-3-4-6-21(18)26-22(29)16-27-11-13-28(14-12-27)23(30)10-8-17-7-9-20(25)19(24)15-17/h3-10,15H,2,11-14,16H2,1H3,(H,26,29)/b10-8+. The lowest BCUT2D eigenvalue weighted by molar-refractivity contribution is -0.127. The van der Waals surface area contributed by atoms with Gasteiger partial charge in [-0.25, -0.2) is 4.39 Å². The van der Waals surface area contributed by atoms with E-state index in [2.05, 4.69) is 12.2 Å². The lowest BCUT2D eigenvalue weighted by Gasteiger charge is -2.33. The van der Waals surface area contributed by atoms with Crippen LogP contribution in [0.5, 0.6) is 0 Å². The van der Waals surface area contributed by atoms with Crippen molar-refractivity contribution in [3.63, 3.8) is 0 Å². The quantitative estimate of drug-likeness (QED) is 0.710. The summed E-state index contributed by atoms with van der Waals surface area (Å²) in [6, 6.07) is 12.1. The number of benzene rings is 2. The Morgan fingerprint density at radius 3 is 2.57 bits per heavy atom. The van der Waals surface area contributed by atoms with Crippen LogP contribution >= 0.6 is 11.6 Å². The molecule has 2 aromatic rings. The van der Waals surface area contributed by atoms with Crippen LogP contribution in [0.1, 0.15) is 18.1 Å². The molecule has 0 aromatic heterocycles. The van der Waals surface area contributed by atoms with E-state index in [1.54, 1.807) is 17.0 Å². The zero-order valence-electron chi connectivity index (χ0n) is 16.9. The molecule has 0 spiro atoms. The van der Waals surface area contributed by atoms with Gasteiger partial charge in [0.05, 0.1) is 11.6 Å². The maximum Gasteiger partial charge on any atom is 0.246 e. The van der Waals surface area contributed by atoms with E-state index in [0.717, 1.165) is 17.7 Å². The van der Waals surface area contributed by atoms with Gasteiger partial charge in [-0.05, 0) is 41.8 Å². The number of nitrogens with zero attached hydrogens (tertiary/aromatic N) is 2. The predicted molar refractivity (Wildman–Crippen MR) is 118 cm³/mol. The molecule has 1 heterocycles. The molecule has 0 bridgehead atoms. The van der Waals surface area contributed by atoms with Gasteiger partial charge in [-0.2, -0.15) is 0 Å². The molecule has 2 aromatic carbocycles. The van der Waals surface area contributed by atoms with Gasteiger partial charge in [-0.15, -0.1) is 0 Å². The van der Waals surface area contributed by atoms with Gasteiger partial charge in [-0.1, -0.05) is 42.8 Å². The number of hydrogen-bond acceptors (Lipinski definition) is 3. The number of para-hydroxylation sites is 1. The van der Waals surface area contributed by atoms with E-state index in [1.807, 2.05) is 29.2 Å².